The molecule has 8 heteroatoms. The number of ether oxygens (including phenoxy) is 1. The van der Waals surface area contributed by atoms with Crippen molar-refractivity contribution in [3.05, 3.63) is 34.7 Å². The molecule has 0 spiro atoms. The quantitative estimate of drug-likeness (QED) is 0.536. The van der Waals surface area contributed by atoms with Gasteiger partial charge < -0.3 is 4.74 Å². The number of hydrogen-bond donors (Lipinski definition) is 0. The van der Waals surface area contributed by atoms with Crippen molar-refractivity contribution in [3.63, 3.8) is 0 Å². The van der Waals surface area contributed by atoms with Crippen LogP contribution in [-0.4, -0.2) is 32.7 Å². The van der Waals surface area contributed by atoms with Gasteiger partial charge in [0.1, 0.15) is 9.98 Å². The number of aromatic nitrogens is 4. The van der Waals surface area contributed by atoms with Crippen molar-refractivity contribution < 1.29 is 9.53 Å². The summed E-state index contributed by atoms with van der Waals surface area (Å²) >= 11 is 7.41. The summed E-state index contributed by atoms with van der Waals surface area (Å²) in [6.07, 6.45) is 3.47. The number of thiazole rings is 1. The van der Waals surface area contributed by atoms with Gasteiger partial charge in [-0.15, -0.1) is 11.3 Å². The minimum atomic E-state index is -0.555. The van der Waals surface area contributed by atoms with Crippen LogP contribution >= 0.6 is 22.9 Å². The molecule has 3 heterocycles. The Morgan fingerprint density at radius 3 is 3.11 bits per heavy atom. The maximum atomic E-state index is 11.5. The van der Waals surface area contributed by atoms with Gasteiger partial charge in [-0.05, 0) is 0 Å². The molecular formula is C11H7ClN4O2S. The third-order valence-corrected chi connectivity index (χ3v) is 3.54. The van der Waals surface area contributed by atoms with Crippen molar-refractivity contribution in [2.45, 2.75) is 0 Å². The number of carbonyl (C=O) groups excluding carboxylic acids is 1. The highest BCUT2D eigenvalue weighted by Gasteiger charge is 2.16. The Hall–Kier alpha value is -1.99. The van der Waals surface area contributed by atoms with Crippen LogP contribution in [0.4, 0.5) is 0 Å². The fourth-order valence-corrected chi connectivity index (χ4v) is 2.60. The molecular weight excluding hydrogens is 288 g/mol. The lowest BCUT2D eigenvalue weighted by Crippen LogP contribution is -2.06. The molecule has 0 N–H and O–H groups in total. The van der Waals surface area contributed by atoms with E-state index < -0.39 is 5.97 Å². The minimum absolute atomic E-state index is 0.119. The average Bonchev–Trinajstić information content (AvgIpc) is 2.99. The molecule has 0 saturated heterocycles. The Morgan fingerprint density at radius 2 is 2.32 bits per heavy atom. The van der Waals surface area contributed by atoms with Gasteiger partial charge in [-0.2, -0.15) is 5.10 Å². The third kappa shape index (κ3) is 2.06. The first-order valence-electron chi connectivity index (χ1n) is 5.23. The summed E-state index contributed by atoms with van der Waals surface area (Å²) in [5.74, 6) is -0.203. The molecule has 0 saturated carbocycles. The first kappa shape index (κ1) is 12.1. The average molecular weight is 295 g/mol. The van der Waals surface area contributed by atoms with Crippen LogP contribution in [0, 0.1) is 0 Å². The van der Waals surface area contributed by atoms with E-state index >= 15 is 0 Å². The summed E-state index contributed by atoms with van der Waals surface area (Å²) in [7, 11) is 1.29. The van der Waals surface area contributed by atoms with Gasteiger partial charge in [0, 0.05) is 17.6 Å². The monoisotopic (exact) mass is 294 g/mol. The summed E-state index contributed by atoms with van der Waals surface area (Å²) in [6.45, 7) is 0. The zero-order valence-corrected chi connectivity index (χ0v) is 11.3. The molecule has 0 aliphatic rings. The van der Waals surface area contributed by atoms with E-state index in [2.05, 4.69) is 19.8 Å². The van der Waals surface area contributed by atoms with Gasteiger partial charge >= 0.3 is 5.97 Å². The van der Waals surface area contributed by atoms with Gasteiger partial charge in [0.15, 0.2) is 11.5 Å². The molecule has 0 radical (unpaired) electrons. The number of nitrogens with zero attached hydrogens (tertiary/aromatic N) is 4. The summed E-state index contributed by atoms with van der Waals surface area (Å²) in [5.41, 5.74) is 0.844. The van der Waals surface area contributed by atoms with E-state index in [1.165, 1.54) is 24.5 Å². The second kappa shape index (κ2) is 4.60. The predicted octanol–water partition coefficient (Wildman–Crippen LogP) is 2.29. The fourth-order valence-electron chi connectivity index (χ4n) is 1.63. The number of methoxy groups -OCH3 is 1. The van der Waals surface area contributed by atoms with Crippen LogP contribution in [0.3, 0.4) is 0 Å². The van der Waals surface area contributed by atoms with Crippen molar-refractivity contribution in [3.8, 4) is 11.4 Å². The lowest BCUT2D eigenvalue weighted by Gasteiger charge is -2.02. The Kier molecular flexibility index (Phi) is 2.92. The van der Waals surface area contributed by atoms with Gasteiger partial charge in [0.2, 0.25) is 0 Å². The molecule has 0 unspecified atom stereocenters. The third-order valence-electron chi connectivity index (χ3n) is 2.46. The molecule has 0 aromatic carbocycles. The Bertz CT molecular complexity index is 767. The van der Waals surface area contributed by atoms with Crippen LogP contribution < -0.4 is 0 Å². The number of esters is 1. The smallest absolute Gasteiger partial charge is 0.356 e. The lowest BCUT2D eigenvalue weighted by molar-refractivity contribution is 0.0594. The zero-order valence-electron chi connectivity index (χ0n) is 9.70. The first-order valence-corrected chi connectivity index (χ1v) is 6.49. The largest absolute Gasteiger partial charge is 0.464 e. The second-order valence-electron chi connectivity index (χ2n) is 3.60. The standard InChI is InChI=1S/C11H7ClN4O2S/c1-18-11(17)7-4-8(12)15-9(14-7)6-5-13-16-2-3-19-10(6)16/h2-5H,1H3. The van der Waals surface area contributed by atoms with Crippen LogP contribution in [0.2, 0.25) is 5.15 Å². The van der Waals surface area contributed by atoms with Gasteiger partial charge in [-0.25, -0.2) is 19.3 Å². The van der Waals surface area contributed by atoms with E-state index in [4.69, 9.17) is 11.6 Å². The van der Waals surface area contributed by atoms with Crippen molar-refractivity contribution in [2.24, 2.45) is 0 Å². The highest BCUT2D eigenvalue weighted by Crippen LogP contribution is 2.26. The molecule has 3 aromatic rings. The second-order valence-corrected chi connectivity index (χ2v) is 4.88. The van der Waals surface area contributed by atoms with Gasteiger partial charge in [0.05, 0.1) is 18.9 Å². The van der Waals surface area contributed by atoms with Crippen LogP contribution in [0.25, 0.3) is 16.2 Å². The van der Waals surface area contributed by atoms with E-state index in [0.29, 0.717) is 5.82 Å². The van der Waals surface area contributed by atoms with Crippen LogP contribution in [0.5, 0.6) is 0 Å². The molecule has 0 fully saturated rings. The van der Waals surface area contributed by atoms with Crippen molar-refractivity contribution in [2.75, 3.05) is 7.11 Å². The summed E-state index contributed by atoms with van der Waals surface area (Å²) in [4.78, 5) is 20.7. The van der Waals surface area contributed by atoms with E-state index in [-0.39, 0.29) is 10.8 Å². The highest BCUT2D eigenvalue weighted by atomic mass is 35.5. The topological polar surface area (TPSA) is 69.4 Å². The van der Waals surface area contributed by atoms with Gasteiger partial charge in [-0.1, -0.05) is 11.6 Å². The molecule has 0 aliphatic heterocycles. The van der Waals surface area contributed by atoms with Crippen molar-refractivity contribution in [1.29, 1.82) is 0 Å². The Morgan fingerprint density at radius 1 is 1.47 bits per heavy atom. The SMILES string of the molecule is COC(=O)c1cc(Cl)nc(-c2cnn3ccsc23)n1. The van der Waals surface area contributed by atoms with Crippen molar-refractivity contribution in [1.82, 2.24) is 19.6 Å². The van der Waals surface area contributed by atoms with Crippen LogP contribution in [0.1, 0.15) is 10.5 Å². The van der Waals surface area contributed by atoms with E-state index in [0.717, 1.165) is 10.4 Å². The molecule has 0 amide bonds. The molecule has 0 atom stereocenters. The lowest BCUT2D eigenvalue weighted by atomic mass is 10.3. The minimum Gasteiger partial charge on any atom is -0.464 e. The van der Waals surface area contributed by atoms with Gasteiger partial charge in [-0.3, -0.25) is 0 Å². The number of rotatable bonds is 2. The molecule has 96 valence electrons. The number of hydrogen-bond acceptors (Lipinski definition) is 6. The summed E-state index contributed by atoms with van der Waals surface area (Å²) < 4.78 is 6.34. The Balaban J connectivity index is 2.17. The molecule has 3 aromatic heterocycles. The molecule has 19 heavy (non-hydrogen) atoms. The van der Waals surface area contributed by atoms with Crippen LogP contribution in [0.15, 0.2) is 23.8 Å². The first-order chi connectivity index (χ1) is 9.19. The van der Waals surface area contributed by atoms with E-state index in [9.17, 15) is 4.79 Å². The highest BCUT2D eigenvalue weighted by molar-refractivity contribution is 7.16. The van der Waals surface area contributed by atoms with E-state index in [1.54, 1.807) is 10.7 Å². The predicted molar refractivity (Wildman–Crippen MR) is 70.4 cm³/mol. The number of halogens is 1. The number of carbonyl (C=O) groups is 1. The molecule has 3 rings (SSSR count). The van der Waals surface area contributed by atoms with Crippen LogP contribution in [-0.2, 0) is 4.74 Å². The van der Waals surface area contributed by atoms with E-state index in [1.807, 2.05) is 11.6 Å². The maximum Gasteiger partial charge on any atom is 0.356 e. The Labute approximate surface area is 116 Å². The molecule has 6 nitrogen and oxygen atoms in total. The summed E-state index contributed by atoms with van der Waals surface area (Å²) in [6, 6.07) is 1.37. The van der Waals surface area contributed by atoms with Crippen molar-refractivity contribution >= 4 is 33.7 Å². The fraction of sp³-hybridized carbons (Fsp3) is 0.0909. The molecule has 0 bridgehead atoms. The molecule has 0 aliphatic carbocycles. The maximum absolute atomic E-state index is 11.5. The summed E-state index contributed by atoms with van der Waals surface area (Å²) in [5, 5.41) is 6.25. The zero-order chi connectivity index (χ0) is 13.4. The normalized spacial score (nSPS) is 10.8. The van der Waals surface area contributed by atoms with Gasteiger partial charge in [0.25, 0.3) is 0 Å². The number of fused-ring (bicyclic) bond motifs is 1.